The molecule has 24 heavy (non-hydrogen) atoms. The van der Waals surface area contributed by atoms with Gasteiger partial charge in [-0.2, -0.15) is 5.10 Å². The van der Waals surface area contributed by atoms with Crippen molar-refractivity contribution >= 4 is 17.3 Å². The first kappa shape index (κ1) is 16.5. The zero-order valence-electron chi connectivity index (χ0n) is 14.3. The van der Waals surface area contributed by atoms with Crippen LogP contribution in [0.25, 0.3) is 0 Å². The van der Waals surface area contributed by atoms with Gasteiger partial charge in [-0.05, 0) is 5.92 Å². The summed E-state index contributed by atoms with van der Waals surface area (Å²) in [5, 5.41) is 8.07. The maximum absolute atomic E-state index is 12.6. The van der Waals surface area contributed by atoms with Crippen molar-refractivity contribution < 1.29 is 9.63 Å². The Morgan fingerprint density at radius 3 is 2.58 bits per heavy atom. The van der Waals surface area contributed by atoms with Crippen LogP contribution in [-0.4, -0.2) is 58.6 Å². The number of carbonyl (C=O) groups excluding carboxylic acids is 1. The van der Waals surface area contributed by atoms with Crippen LogP contribution in [0.4, 0.5) is 5.69 Å². The van der Waals surface area contributed by atoms with Gasteiger partial charge in [0.15, 0.2) is 0 Å². The first-order valence-electron chi connectivity index (χ1n) is 8.25. The Labute approximate surface area is 140 Å². The Balaban J connectivity index is 1.56. The normalized spacial score (nSPS) is 21.0. The lowest BCUT2D eigenvalue weighted by Gasteiger charge is -2.36. The molecule has 1 aromatic heterocycles. The average Bonchev–Trinajstić information content (AvgIpc) is 3.07. The van der Waals surface area contributed by atoms with Gasteiger partial charge in [-0.3, -0.25) is 9.59 Å². The lowest BCUT2D eigenvalue weighted by molar-refractivity contribution is -0.142. The van der Waals surface area contributed by atoms with Gasteiger partial charge in [0, 0.05) is 45.7 Å². The highest BCUT2D eigenvalue weighted by atomic mass is 16.6. The third-order valence-electron chi connectivity index (χ3n) is 4.54. The van der Waals surface area contributed by atoms with Crippen molar-refractivity contribution in [3.05, 3.63) is 22.6 Å². The van der Waals surface area contributed by atoms with Crippen LogP contribution in [0.15, 0.2) is 22.2 Å². The molecule has 3 heterocycles. The summed E-state index contributed by atoms with van der Waals surface area (Å²) in [7, 11) is 1.62. The van der Waals surface area contributed by atoms with Gasteiger partial charge < -0.3 is 14.6 Å². The molecule has 0 bridgehead atoms. The van der Waals surface area contributed by atoms with Crippen LogP contribution in [0, 0.1) is 5.92 Å². The fourth-order valence-electron chi connectivity index (χ4n) is 2.89. The van der Waals surface area contributed by atoms with Gasteiger partial charge in [-0.25, -0.2) is 4.68 Å². The van der Waals surface area contributed by atoms with Crippen molar-refractivity contribution in [1.29, 1.82) is 0 Å². The van der Waals surface area contributed by atoms with Gasteiger partial charge in [0.2, 0.25) is 6.10 Å². The van der Waals surface area contributed by atoms with E-state index in [2.05, 4.69) is 15.2 Å². The standard InChI is InChI=1S/C16H23N5O3/c1-11(2)13-9-14(24-18-13)16(23)21-6-4-20(5-7-21)12-8-15(22)19(3)17-10-12/h8,10-11,14H,4-7,9H2,1-3H3/t14-/m0/s1. The predicted octanol–water partition coefficient (Wildman–Crippen LogP) is 0.230. The molecule has 1 fully saturated rings. The molecule has 3 rings (SSSR count). The Morgan fingerprint density at radius 2 is 2.00 bits per heavy atom. The molecular weight excluding hydrogens is 310 g/mol. The van der Waals surface area contributed by atoms with Crippen LogP contribution >= 0.6 is 0 Å². The highest BCUT2D eigenvalue weighted by Gasteiger charge is 2.34. The molecule has 0 aliphatic carbocycles. The topological polar surface area (TPSA) is 80.0 Å². The second-order valence-electron chi connectivity index (χ2n) is 6.52. The van der Waals surface area contributed by atoms with Gasteiger partial charge in [-0.1, -0.05) is 19.0 Å². The van der Waals surface area contributed by atoms with Crippen molar-refractivity contribution in [2.45, 2.75) is 26.4 Å². The second kappa shape index (κ2) is 6.62. The summed E-state index contributed by atoms with van der Waals surface area (Å²) >= 11 is 0. The van der Waals surface area contributed by atoms with Crippen LogP contribution in [0.3, 0.4) is 0 Å². The summed E-state index contributed by atoms with van der Waals surface area (Å²) in [5.74, 6) is 0.295. The van der Waals surface area contributed by atoms with Crippen LogP contribution in [0.2, 0.25) is 0 Å². The summed E-state index contributed by atoms with van der Waals surface area (Å²) < 4.78 is 1.30. The van der Waals surface area contributed by atoms with Gasteiger partial charge in [-0.15, -0.1) is 0 Å². The summed E-state index contributed by atoms with van der Waals surface area (Å²) in [4.78, 5) is 33.4. The minimum atomic E-state index is -0.486. The molecule has 0 unspecified atom stereocenters. The smallest absolute Gasteiger partial charge is 0.268 e. The minimum absolute atomic E-state index is 0.00356. The highest BCUT2D eigenvalue weighted by molar-refractivity contribution is 5.93. The number of anilines is 1. The van der Waals surface area contributed by atoms with E-state index in [4.69, 9.17) is 4.84 Å². The van der Waals surface area contributed by atoms with E-state index < -0.39 is 6.10 Å². The van der Waals surface area contributed by atoms with Crippen LogP contribution in [0.1, 0.15) is 20.3 Å². The van der Waals surface area contributed by atoms with E-state index >= 15 is 0 Å². The highest BCUT2D eigenvalue weighted by Crippen LogP contribution is 2.20. The number of piperazine rings is 1. The summed E-state index contributed by atoms with van der Waals surface area (Å²) in [5.41, 5.74) is 1.61. The third-order valence-corrected chi connectivity index (χ3v) is 4.54. The van der Waals surface area contributed by atoms with E-state index in [9.17, 15) is 9.59 Å². The molecule has 0 spiro atoms. The zero-order valence-corrected chi connectivity index (χ0v) is 14.3. The molecule has 1 aromatic rings. The second-order valence-corrected chi connectivity index (χ2v) is 6.52. The van der Waals surface area contributed by atoms with Gasteiger partial charge in [0.1, 0.15) is 0 Å². The number of nitrogens with zero attached hydrogens (tertiary/aromatic N) is 5. The van der Waals surface area contributed by atoms with Gasteiger partial charge >= 0.3 is 0 Å². The van der Waals surface area contributed by atoms with Crippen LogP contribution in [-0.2, 0) is 16.7 Å². The number of aryl methyl sites for hydroxylation is 1. The largest absolute Gasteiger partial charge is 0.382 e. The SMILES string of the molecule is CC(C)C1=NO[C@H](C(=O)N2CCN(c3cnn(C)c(=O)c3)CC2)C1. The molecule has 1 saturated heterocycles. The molecule has 130 valence electrons. The monoisotopic (exact) mass is 333 g/mol. The van der Waals surface area contributed by atoms with E-state index in [1.807, 2.05) is 18.7 Å². The molecular formula is C16H23N5O3. The van der Waals surface area contributed by atoms with E-state index in [0.717, 1.165) is 11.4 Å². The van der Waals surface area contributed by atoms with Crippen molar-refractivity contribution in [3.63, 3.8) is 0 Å². The van der Waals surface area contributed by atoms with Crippen molar-refractivity contribution in [2.24, 2.45) is 18.1 Å². The Kier molecular flexibility index (Phi) is 4.55. The quantitative estimate of drug-likeness (QED) is 0.791. The van der Waals surface area contributed by atoms with E-state index in [0.29, 0.717) is 38.5 Å². The number of carbonyl (C=O) groups is 1. The molecule has 1 atom stereocenters. The van der Waals surface area contributed by atoms with Crippen molar-refractivity contribution in [1.82, 2.24) is 14.7 Å². The predicted molar refractivity (Wildman–Crippen MR) is 90.0 cm³/mol. The first-order valence-corrected chi connectivity index (χ1v) is 8.25. The maximum Gasteiger partial charge on any atom is 0.268 e. The Hall–Kier alpha value is -2.38. The molecule has 8 heteroatoms. The molecule has 1 amide bonds. The number of hydrogen-bond acceptors (Lipinski definition) is 6. The number of aromatic nitrogens is 2. The van der Waals surface area contributed by atoms with Crippen LogP contribution in [0.5, 0.6) is 0 Å². The number of amides is 1. The first-order chi connectivity index (χ1) is 11.5. The zero-order chi connectivity index (χ0) is 17.3. The van der Waals surface area contributed by atoms with E-state index in [1.165, 1.54) is 4.68 Å². The number of rotatable bonds is 3. The molecule has 2 aliphatic rings. The van der Waals surface area contributed by atoms with Crippen molar-refractivity contribution in [2.75, 3.05) is 31.1 Å². The molecule has 0 radical (unpaired) electrons. The third kappa shape index (κ3) is 3.27. The minimum Gasteiger partial charge on any atom is -0.382 e. The summed E-state index contributed by atoms with van der Waals surface area (Å²) in [6.07, 6.45) is 1.77. The molecule has 0 aromatic carbocycles. The maximum atomic E-state index is 12.6. The number of hydrogen-bond donors (Lipinski definition) is 0. The molecule has 0 N–H and O–H groups in total. The summed E-state index contributed by atoms with van der Waals surface area (Å²) in [6, 6.07) is 1.58. The molecule has 8 nitrogen and oxygen atoms in total. The fraction of sp³-hybridized carbons (Fsp3) is 0.625. The average molecular weight is 333 g/mol. The number of oxime groups is 1. The molecule has 0 saturated carbocycles. The Morgan fingerprint density at radius 1 is 1.29 bits per heavy atom. The van der Waals surface area contributed by atoms with Crippen molar-refractivity contribution in [3.8, 4) is 0 Å². The molecule has 2 aliphatic heterocycles. The lowest BCUT2D eigenvalue weighted by atomic mass is 10.0. The lowest BCUT2D eigenvalue weighted by Crippen LogP contribution is -2.51. The van der Waals surface area contributed by atoms with Gasteiger partial charge in [0.05, 0.1) is 17.6 Å². The van der Waals surface area contributed by atoms with Gasteiger partial charge in [0.25, 0.3) is 11.5 Å². The fourth-order valence-corrected chi connectivity index (χ4v) is 2.89. The van der Waals surface area contributed by atoms with E-state index in [1.54, 1.807) is 19.3 Å². The van der Waals surface area contributed by atoms with Crippen LogP contribution < -0.4 is 10.5 Å². The Bertz CT molecular complexity index is 704. The van der Waals surface area contributed by atoms with E-state index in [-0.39, 0.29) is 11.5 Å². The summed E-state index contributed by atoms with van der Waals surface area (Å²) in [6.45, 7) is 6.64.